The highest BCUT2D eigenvalue weighted by atomic mass is 16.5. The van der Waals surface area contributed by atoms with E-state index in [0.717, 1.165) is 43.0 Å². The first-order valence-electron chi connectivity index (χ1n) is 10.9. The summed E-state index contributed by atoms with van der Waals surface area (Å²) in [6.45, 7) is 6.69. The van der Waals surface area contributed by atoms with Gasteiger partial charge in [-0.2, -0.15) is 0 Å². The molecule has 1 aromatic heterocycles. The molecule has 30 heavy (non-hydrogen) atoms. The highest BCUT2D eigenvalue weighted by molar-refractivity contribution is 5.96. The van der Waals surface area contributed by atoms with Gasteiger partial charge in [0.1, 0.15) is 5.75 Å². The summed E-state index contributed by atoms with van der Waals surface area (Å²) in [6, 6.07) is 15.2. The average Bonchev–Trinajstić information content (AvgIpc) is 3.04. The third-order valence-electron chi connectivity index (χ3n) is 5.85. The molecule has 0 aliphatic carbocycles. The largest absolute Gasteiger partial charge is 0.494 e. The number of benzene rings is 2. The predicted molar refractivity (Wildman–Crippen MR) is 118 cm³/mol. The molecule has 0 amide bonds. The van der Waals surface area contributed by atoms with E-state index in [2.05, 4.69) is 4.90 Å². The molecule has 1 saturated heterocycles. The zero-order valence-electron chi connectivity index (χ0n) is 17.6. The lowest BCUT2D eigenvalue weighted by atomic mass is 10.1. The second-order valence-corrected chi connectivity index (χ2v) is 7.83. The monoisotopic (exact) mass is 406 g/mol. The molecule has 0 saturated carbocycles. The van der Waals surface area contributed by atoms with Gasteiger partial charge in [-0.05, 0) is 69.3 Å². The number of likely N-dealkylation sites (tertiary alicyclic amines) is 1. The number of para-hydroxylation sites is 2. The number of ether oxygens (including phenoxy) is 1. The van der Waals surface area contributed by atoms with Crippen LogP contribution < -0.4 is 10.4 Å². The Morgan fingerprint density at radius 1 is 0.933 bits per heavy atom. The van der Waals surface area contributed by atoms with Gasteiger partial charge in [-0.25, -0.2) is 0 Å². The van der Waals surface area contributed by atoms with Crippen molar-refractivity contribution in [2.45, 2.75) is 39.3 Å². The minimum atomic E-state index is -0.00418. The summed E-state index contributed by atoms with van der Waals surface area (Å²) in [4.78, 5) is 15.4. The Bertz CT molecular complexity index is 1060. The second kappa shape index (κ2) is 9.30. The fraction of sp³-hybridized carbons (Fsp3) is 0.417. The van der Waals surface area contributed by atoms with Gasteiger partial charge >= 0.3 is 0 Å². The van der Waals surface area contributed by atoms with E-state index in [1.807, 2.05) is 52.5 Å². The average molecular weight is 407 g/mol. The standard InChI is InChI=1S/C24H30N4O2/c1-2-30-20-12-10-19(11-13-20)23(29)18-28-22-9-5-4-8-21(22)27(24(28)25)17-16-26-14-6-3-7-15-26/h4-5,8-13,25H,2-3,6-7,14-18H2,1H3. The van der Waals surface area contributed by atoms with E-state index in [-0.39, 0.29) is 12.3 Å². The molecule has 0 radical (unpaired) electrons. The van der Waals surface area contributed by atoms with Crippen molar-refractivity contribution >= 4 is 16.8 Å². The second-order valence-electron chi connectivity index (χ2n) is 7.83. The molecule has 2 aromatic carbocycles. The third kappa shape index (κ3) is 4.33. The normalized spacial score (nSPS) is 14.8. The van der Waals surface area contributed by atoms with Crippen LogP contribution in [0.4, 0.5) is 0 Å². The molecule has 6 nitrogen and oxygen atoms in total. The lowest BCUT2D eigenvalue weighted by Crippen LogP contribution is -2.35. The Kier molecular flexibility index (Phi) is 6.33. The van der Waals surface area contributed by atoms with Gasteiger partial charge in [0.15, 0.2) is 5.78 Å². The maximum atomic E-state index is 12.9. The molecule has 6 heteroatoms. The molecule has 1 aliphatic heterocycles. The number of hydrogen-bond donors (Lipinski definition) is 1. The maximum Gasteiger partial charge on any atom is 0.203 e. The third-order valence-corrected chi connectivity index (χ3v) is 5.85. The van der Waals surface area contributed by atoms with Crippen molar-refractivity contribution in [3.8, 4) is 5.75 Å². The molecule has 0 bridgehead atoms. The number of carbonyl (C=O) groups is 1. The molecule has 3 aromatic rings. The molecular formula is C24H30N4O2. The summed E-state index contributed by atoms with van der Waals surface area (Å²) in [5.41, 5.74) is 2.96. The van der Waals surface area contributed by atoms with Gasteiger partial charge in [-0.1, -0.05) is 18.6 Å². The van der Waals surface area contributed by atoms with Crippen LogP contribution in [0.25, 0.3) is 11.0 Å². The predicted octanol–water partition coefficient (Wildman–Crippen LogP) is 3.69. The molecule has 4 rings (SSSR count). The first kappa shape index (κ1) is 20.4. The number of carbonyl (C=O) groups excluding carboxylic acids is 1. The van der Waals surface area contributed by atoms with Gasteiger partial charge in [-0.15, -0.1) is 0 Å². The van der Waals surface area contributed by atoms with Crippen LogP contribution in [0.5, 0.6) is 5.75 Å². The fourth-order valence-electron chi connectivity index (χ4n) is 4.24. The van der Waals surface area contributed by atoms with Crippen LogP contribution in [-0.2, 0) is 13.1 Å². The first-order valence-corrected chi connectivity index (χ1v) is 10.9. The number of nitrogens with one attached hydrogen (secondary N) is 1. The summed E-state index contributed by atoms with van der Waals surface area (Å²) in [5.74, 6) is 0.757. The molecule has 0 spiro atoms. The SMILES string of the molecule is CCOc1ccc(C(=O)Cn2c(=N)n(CCN3CCCCC3)c3ccccc32)cc1. The quantitative estimate of drug-likeness (QED) is 0.581. The number of rotatable bonds is 8. The van der Waals surface area contributed by atoms with Gasteiger partial charge in [0, 0.05) is 18.7 Å². The van der Waals surface area contributed by atoms with Gasteiger partial charge in [0.2, 0.25) is 5.62 Å². The fourth-order valence-corrected chi connectivity index (χ4v) is 4.24. The number of fused-ring (bicyclic) bond motifs is 1. The maximum absolute atomic E-state index is 12.9. The Morgan fingerprint density at radius 2 is 1.60 bits per heavy atom. The van der Waals surface area contributed by atoms with E-state index in [9.17, 15) is 4.79 Å². The van der Waals surface area contributed by atoms with E-state index in [1.165, 1.54) is 19.3 Å². The van der Waals surface area contributed by atoms with E-state index < -0.39 is 0 Å². The minimum absolute atomic E-state index is 0.00418. The minimum Gasteiger partial charge on any atom is -0.494 e. The van der Waals surface area contributed by atoms with Crippen LogP contribution in [0.1, 0.15) is 36.5 Å². The highest BCUT2D eigenvalue weighted by Crippen LogP contribution is 2.16. The number of imidazole rings is 1. The Labute approximate surface area is 177 Å². The van der Waals surface area contributed by atoms with Gasteiger partial charge < -0.3 is 18.8 Å². The van der Waals surface area contributed by atoms with Gasteiger partial charge in [-0.3, -0.25) is 10.2 Å². The molecule has 0 atom stereocenters. The van der Waals surface area contributed by atoms with Crippen molar-refractivity contribution in [3.63, 3.8) is 0 Å². The number of Topliss-reactive ketones (excluding diaryl/α,β-unsaturated/α-hetero) is 1. The number of aromatic nitrogens is 2. The zero-order chi connectivity index (χ0) is 20.9. The molecule has 1 aliphatic rings. The molecular weight excluding hydrogens is 376 g/mol. The van der Waals surface area contributed by atoms with E-state index >= 15 is 0 Å². The Balaban J connectivity index is 1.56. The summed E-state index contributed by atoms with van der Waals surface area (Å²) >= 11 is 0. The first-order chi connectivity index (χ1) is 14.7. The van der Waals surface area contributed by atoms with Crippen LogP contribution in [0.2, 0.25) is 0 Å². The zero-order valence-corrected chi connectivity index (χ0v) is 17.6. The number of hydrogen-bond acceptors (Lipinski definition) is 4. The van der Waals surface area contributed by atoms with Crippen LogP contribution in [0, 0.1) is 5.41 Å². The smallest absolute Gasteiger partial charge is 0.203 e. The van der Waals surface area contributed by atoms with Crippen molar-refractivity contribution in [1.29, 1.82) is 5.41 Å². The van der Waals surface area contributed by atoms with Crippen molar-refractivity contribution in [2.24, 2.45) is 0 Å². The van der Waals surface area contributed by atoms with Crippen LogP contribution >= 0.6 is 0 Å². The molecule has 0 unspecified atom stereocenters. The van der Waals surface area contributed by atoms with Gasteiger partial charge in [0.05, 0.1) is 24.2 Å². The lowest BCUT2D eigenvalue weighted by molar-refractivity contribution is 0.0971. The number of nitrogens with zero attached hydrogens (tertiary/aromatic N) is 3. The van der Waals surface area contributed by atoms with Crippen LogP contribution in [-0.4, -0.2) is 46.1 Å². The van der Waals surface area contributed by atoms with Crippen molar-refractivity contribution in [2.75, 3.05) is 26.2 Å². The molecule has 1 N–H and O–H groups in total. The van der Waals surface area contributed by atoms with Crippen LogP contribution in [0.15, 0.2) is 48.5 Å². The highest BCUT2D eigenvalue weighted by Gasteiger charge is 2.16. The number of piperidine rings is 1. The van der Waals surface area contributed by atoms with E-state index in [0.29, 0.717) is 17.8 Å². The summed E-state index contributed by atoms with van der Waals surface area (Å²) < 4.78 is 9.32. The summed E-state index contributed by atoms with van der Waals surface area (Å²) in [6.07, 6.45) is 3.84. The van der Waals surface area contributed by atoms with Gasteiger partial charge in [0.25, 0.3) is 0 Å². The molecule has 2 heterocycles. The van der Waals surface area contributed by atoms with E-state index in [1.54, 1.807) is 12.1 Å². The van der Waals surface area contributed by atoms with Crippen LogP contribution in [0.3, 0.4) is 0 Å². The van der Waals surface area contributed by atoms with Crippen molar-refractivity contribution < 1.29 is 9.53 Å². The van der Waals surface area contributed by atoms with Crippen molar-refractivity contribution in [1.82, 2.24) is 14.0 Å². The Hall–Kier alpha value is -2.86. The molecule has 158 valence electrons. The Morgan fingerprint density at radius 3 is 2.27 bits per heavy atom. The lowest BCUT2D eigenvalue weighted by Gasteiger charge is -2.26. The molecule has 1 fully saturated rings. The number of ketones is 1. The topological polar surface area (TPSA) is 63.2 Å². The summed E-state index contributed by atoms with van der Waals surface area (Å²) in [7, 11) is 0. The van der Waals surface area contributed by atoms with Crippen molar-refractivity contribution in [3.05, 3.63) is 59.7 Å². The summed E-state index contributed by atoms with van der Waals surface area (Å²) in [5, 5.41) is 8.77. The van der Waals surface area contributed by atoms with E-state index in [4.69, 9.17) is 10.1 Å².